The predicted octanol–water partition coefficient (Wildman–Crippen LogP) is 5.30. The second-order valence-corrected chi connectivity index (χ2v) is 13.0. The first kappa shape index (κ1) is 31.3. The number of carbonyl (C=O) groups is 2. The number of ether oxygens (including phenoxy) is 2. The number of alkyl carbamates (subject to hydrolysis) is 1. The molecule has 8 nitrogen and oxygen atoms in total. The Labute approximate surface area is 263 Å². The second-order valence-electron chi connectivity index (χ2n) is 11.2. The van der Waals surface area contributed by atoms with Crippen molar-refractivity contribution in [1.82, 2.24) is 20.0 Å². The van der Waals surface area contributed by atoms with E-state index in [2.05, 4.69) is 27.2 Å². The van der Waals surface area contributed by atoms with Crippen LogP contribution in [0.15, 0.2) is 66.7 Å². The highest BCUT2D eigenvalue weighted by Gasteiger charge is 2.36. The van der Waals surface area contributed by atoms with Crippen LogP contribution >= 0.6 is 22.9 Å². The standard InChI is InChI=1S/C33H41ClN4O4S/c1-41-29-10-6-5-9-27(29)23-37-19-21-38(22-20-37)32(39)31(35-33(40)42-24-25-7-3-2-4-8-25)26-13-16-36(17-14-26)18-15-28-11-12-30(34)43-28/h2-12,26,31H,13-24H2,1H3,(H,35,40)/t31-/m1/s1. The van der Waals surface area contributed by atoms with Crippen molar-refractivity contribution in [3.8, 4) is 5.75 Å². The van der Waals surface area contributed by atoms with E-state index in [4.69, 9.17) is 21.1 Å². The Kier molecular flexibility index (Phi) is 11.3. The van der Waals surface area contributed by atoms with Crippen LogP contribution in [-0.2, 0) is 29.1 Å². The molecule has 230 valence electrons. The van der Waals surface area contributed by atoms with Gasteiger partial charge < -0.3 is 24.6 Å². The fraction of sp³-hybridized carbons (Fsp3) is 0.455. The topological polar surface area (TPSA) is 74.3 Å². The van der Waals surface area contributed by atoms with Crippen molar-refractivity contribution in [2.45, 2.75) is 38.5 Å². The number of likely N-dealkylation sites (tertiary alicyclic amines) is 1. The van der Waals surface area contributed by atoms with Gasteiger partial charge in [-0.2, -0.15) is 0 Å². The zero-order chi connectivity index (χ0) is 30.0. The number of benzene rings is 2. The molecule has 5 rings (SSSR count). The molecule has 1 atom stereocenters. The van der Waals surface area contributed by atoms with Crippen LogP contribution in [0.3, 0.4) is 0 Å². The zero-order valence-electron chi connectivity index (χ0n) is 24.8. The Balaban J connectivity index is 1.17. The maximum Gasteiger partial charge on any atom is 0.408 e. The Bertz CT molecular complexity index is 1320. The summed E-state index contributed by atoms with van der Waals surface area (Å²) in [5.41, 5.74) is 2.05. The van der Waals surface area contributed by atoms with Crippen molar-refractivity contribution in [3.63, 3.8) is 0 Å². The van der Waals surface area contributed by atoms with Gasteiger partial charge in [0, 0.05) is 49.7 Å². The third kappa shape index (κ3) is 8.95. The molecule has 0 aliphatic carbocycles. The number of nitrogens with zero attached hydrogens (tertiary/aromatic N) is 3. The minimum Gasteiger partial charge on any atom is -0.496 e. The molecular formula is C33H41ClN4O4S. The van der Waals surface area contributed by atoms with Gasteiger partial charge in [0.05, 0.1) is 11.4 Å². The Hall–Kier alpha value is -3.11. The first-order valence-corrected chi connectivity index (χ1v) is 16.2. The van der Waals surface area contributed by atoms with Crippen LogP contribution < -0.4 is 10.1 Å². The molecule has 0 radical (unpaired) electrons. The van der Waals surface area contributed by atoms with Crippen LogP contribution in [0.25, 0.3) is 0 Å². The molecule has 2 aliphatic rings. The molecule has 2 aromatic carbocycles. The minimum absolute atomic E-state index is 0.0136. The molecule has 10 heteroatoms. The fourth-order valence-corrected chi connectivity index (χ4v) is 7.01. The van der Waals surface area contributed by atoms with E-state index in [0.717, 1.165) is 79.7 Å². The van der Waals surface area contributed by atoms with Gasteiger partial charge in [0.2, 0.25) is 5.91 Å². The quantitative estimate of drug-likeness (QED) is 0.312. The van der Waals surface area contributed by atoms with E-state index in [9.17, 15) is 9.59 Å². The maximum absolute atomic E-state index is 14.0. The smallest absolute Gasteiger partial charge is 0.408 e. The van der Waals surface area contributed by atoms with Crippen LogP contribution in [0.4, 0.5) is 4.79 Å². The number of nitrogens with one attached hydrogen (secondary N) is 1. The van der Waals surface area contributed by atoms with Gasteiger partial charge in [0.1, 0.15) is 18.4 Å². The van der Waals surface area contributed by atoms with Crippen LogP contribution in [-0.4, -0.2) is 85.7 Å². The lowest BCUT2D eigenvalue weighted by Crippen LogP contribution is -2.58. The van der Waals surface area contributed by atoms with Gasteiger partial charge >= 0.3 is 6.09 Å². The summed E-state index contributed by atoms with van der Waals surface area (Å²) >= 11 is 7.73. The molecule has 2 fully saturated rings. The third-order valence-corrected chi connectivity index (χ3v) is 9.72. The number of rotatable bonds is 11. The molecule has 0 saturated carbocycles. The van der Waals surface area contributed by atoms with E-state index < -0.39 is 12.1 Å². The normalized spacial score (nSPS) is 17.4. The van der Waals surface area contributed by atoms with Crippen molar-refractivity contribution < 1.29 is 19.1 Å². The number of hydrogen-bond acceptors (Lipinski definition) is 7. The number of carbonyl (C=O) groups excluding carboxylic acids is 2. The van der Waals surface area contributed by atoms with E-state index in [1.54, 1.807) is 18.4 Å². The Morgan fingerprint density at radius 3 is 2.35 bits per heavy atom. The predicted molar refractivity (Wildman–Crippen MR) is 171 cm³/mol. The summed E-state index contributed by atoms with van der Waals surface area (Å²) in [5.74, 6) is 0.918. The lowest BCUT2D eigenvalue weighted by atomic mass is 9.88. The molecule has 0 unspecified atom stereocenters. The molecule has 3 heterocycles. The van der Waals surface area contributed by atoms with Crippen LogP contribution in [0.1, 0.15) is 28.8 Å². The summed E-state index contributed by atoms with van der Waals surface area (Å²) in [4.78, 5) is 34.9. The molecule has 43 heavy (non-hydrogen) atoms. The monoisotopic (exact) mass is 624 g/mol. The van der Waals surface area contributed by atoms with Gasteiger partial charge in [0.15, 0.2) is 0 Å². The van der Waals surface area contributed by atoms with Gasteiger partial charge in [-0.1, -0.05) is 60.1 Å². The van der Waals surface area contributed by atoms with Crippen LogP contribution in [0.2, 0.25) is 4.34 Å². The molecule has 2 aliphatic heterocycles. The second kappa shape index (κ2) is 15.6. The van der Waals surface area contributed by atoms with Crippen molar-refractivity contribution in [1.29, 1.82) is 0 Å². The lowest BCUT2D eigenvalue weighted by Gasteiger charge is -2.40. The number of thiophene rings is 1. The van der Waals surface area contributed by atoms with Gasteiger partial charge in [0.25, 0.3) is 0 Å². The Morgan fingerprint density at radius 2 is 1.65 bits per heavy atom. The van der Waals surface area contributed by atoms with E-state index in [-0.39, 0.29) is 18.4 Å². The first-order valence-electron chi connectivity index (χ1n) is 15.1. The summed E-state index contributed by atoms with van der Waals surface area (Å²) in [6.45, 7) is 6.45. The molecule has 2 saturated heterocycles. The average Bonchev–Trinajstić information content (AvgIpc) is 3.47. The van der Waals surface area contributed by atoms with Gasteiger partial charge in [-0.05, 0) is 62.0 Å². The van der Waals surface area contributed by atoms with Crippen molar-refractivity contribution >= 4 is 34.9 Å². The van der Waals surface area contributed by atoms with E-state index in [0.29, 0.717) is 13.1 Å². The number of para-hydroxylation sites is 1. The number of amides is 2. The molecule has 0 spiro atoms. The van der Waals surface area contributed by atoms with Crippen molar-refractivity contribution in [3.05, 3.63) is 87.1 Å². The van der Waals surface area contributed by atoms with E-state index in [1.165, 1.54) is 4.88 Å². The molecule has 2 amide bonds. The van der Waals surface area contributed by atoms with Crippen molar-refractivity contribution in [2.75, 3.05) is 52.9 Å². The summed E-state index contributed by atoms with van der Waals surface area (Å²) in [5, 5.41) is 2.98. The number of hydrogen-bond donors (Lipinski definition) is 1. The summed E-state index contributed by atoms with van der Waals surface area (Å²) < 4.78 is 11.9. The molecule has 0 bridgehead atoms. The van der Waals surface area contributed by atoms with Crippen molar-refractivity contribution in [2.24, 2.45) is 5.92 Å². The number of piperidine rings is 1. The van der Waals surface area contributed by atoms with Gasteiger partial charge in [-0.25, -0.2) is 4.79 Å². The SMILES string of the molecule is COc1ccccc1CN1CCN(C(=O)[C@H](NC(=O)OCc2ccccc2)C2CCN(CCc3ccc(Cl)s3)CC2)CC1. The lowest BCUT2D eigenvalue weighted by molar-refractivity contribution is -0.137. The summed E-state index contributed by atoms with van der Waals surface area (Å²) in [7, 11) is 1.69. The molecular weight excluding hydrogens is 584 g/mol. The first-order chi connectivity index (χ1) is 21.0. The third-order valence-electron chi connectivity index (χ3n) is 8.43. The summed E-state index contributed by atoms with van der Waals surface area (Å²) in [6, 6.07) is 21.1. The zero-order valence-corrected chi connectivity index (χ0v) is 26.3. The highest BCUT2D eigenvalue weighted by Crippen LogP contribution is 2.26. The average molecular weight is 625 g/mol. The highest BCUT2D eigenvalue weighted by molar-refractivity contribution is 7.16. The largest absolute Gasteiger partial charge is 0.496 e. The Morgan fingerprint density at radius 1 is 0.930 bits per heavy atom. The number of piperazine rings is 1. The highest BCUT2D eigenvalue weighted by atomic mass is 35.5. The van der Waals surface area contributed by atoms with Gasteiger partial charge in [-0.3, -0.25) is 9.69 Å². The fourth-order valence-electron chi connectivity index (χ4n) is 5.93. The van der Waals surface area contributed by atoms with Crippen LogP contribution in [0.5, 0.6) is 5.75 Å². The van der Waals surface area contributed by atoms with Crippen LogP contribution in [0, 0.1) is 5.92 Å². The molecule has 3 aromatic rings. The van der Waals surface area contributed by atoms with E-state index in [1.807, 2.05) is 59.5 Å². The molecule has 1 N–H and O–H groups in total. The number of halogens is 1. The minimum atomic E-state index is -0.609. The maximum atomic E-state index is 14.0. The van der Waals surface area contributed by atoms with Gasteiger partial charge in [-0.15, -0.1) is 11.3 Å². The van der Waals surface area contributed by atoms with E-state index >= 15 is 0 Å². The number of methoxy groups -OCH3 is 1. The molecule has 1 aromatic heterocycles. The summed E-state index contributed by atoms with van der Waals surface area (Å²) in [6.07, 6.45) is 2.10.